The number of methoxy groups -OCH3 is 1. The fraction of sp³-hybridized carbons (Fsp3) is 0.167. The Morgan fingerprint density at radius 3 is 2.68 bits per heavy atom. The van der Waals surface area contributed by atoms with Gasteiger partial charge < -0.3 is 14.9 Å². The summed E-state index contributed by atoms with van der Waals surface area (Å²) in [5.74, 6) is 4.02. The first-order valence-corrected chi connectivity index (χ1v) is 6.87. The highest BCUT2D eigenvalue weighted by molar-refractivity contribution is 5.79. The Morgan fingerprint density at radius 1 is 1.18 bits per heavy atom. The lowest BCUT2D eigenvalue weighted by Crippen LogP contribution is -2.06. The van der Waals surface area contributed by atoms with Gasteiger partial charge in [0.1, 0.15) is 18.1 Å². The van der Waals surface area contributed by atoms with Crippen LogP contribution in [0, 0.1) is 12.3 Å². The topological polar surface area (TPSA) is 42.8 Å². The summed E-state index contributed by atoms with van der Waals surface area (Å²) in [6, 6.07) is 15.4. The number of hydrogen-bond donors (Lipinski definition) is 1. The molecule has 2 rings (SSSR count). The second-order valence-electron chi connectivity index (χ2n) is 4.47. The number of para-hydroxylation sites is 1. The molecule has 0 aliphatic carbocycles. The van der Waals surface area contributed by atoms with E-state index in [1.807, 2.05) is 48.5 Å². The SMILES string of the molecule is C#CCOc1ccc(/C=N/NCc2ccccc2OC)cc1. The average Bonchev–Trinajstić information content (AvgIpc) is 2.58. The summed E-state index contributed by atoms with van der Waals surface area (Å²) in [7, 11) is 1.66. The number of nitrogens with one attached hydrogen (secondary N) is 1. The van der Waals surface area contributed by atoms with Crippen LogP contribution in [0.5, 0.6) is 11.5 Å². The molecule has 0 aromatic heterocycles. The van der Waals surface area contributed by atoms with Crippen LogP contribution in [0.1, 0.15) is 11.1 Å². The zero-order valence-corrected chi connectivity index (χ0v) is 12.5. The highest BCUT2D eigenvalue weighted by Gasteiger charge is 1.99. The van der Waals surface area contributed by atoms with Crippen LogP contribution in [0.3, 0.4) is 0 Å². The van der Waals surface area contributed by atoms with Crippen molar-refractivity contribution in [2.45, 2.75) is 6.54 Å². The minimum absolute atomic E-state index is 0.272. The van der Waals surface area contributed by atoms with E-state index >= 15 is 0 Å². The highest BCUT2D eigenvalue weighted by atomic mass is 16.5. The monoisotopic (exact) mass is 294 g/mol. The number of terminal acetylenes is 1. The van der Waals surface area contributed by atoms with Gasteiger partial charge in [0.2, 0.25) is 0 Å². The van der Waals surface area contributed by atoms with E-state index in [-0.39, 0.29) is 6.61 Å². The quantitative estimate of drug-likeness (QED) is 0.485. The van der Waals surface area contributed by atoms with Crippen LogP contribution >= 0.6 is 0 Å². The van der Waals surface area contributed by atoms with E-state index in [9.17, 15) is 0 Å². The molecule has 0 fully saturated rings. The lowest BCUT2D eigenvalue weighted by atomic mass is 10.2. The normalized spacial score (nSPS) is 10.2. The maximum absolute atomic E-state index is 5.31. The number of ether oxygens (including phenoxy) is 2. The van der Waals surface area contributed by atoms with Gasteiger partial charge in [0.05, 0.1) is 19.9 Å². The Kier molecular flexibility index (Phi) is 5.89. The van der Waals surface area contributed by atoms with Gasteiger partial charge in [-0.3, -0.25) is 0 Å². The smallest absolute Gasteiger partial charge is 0.148 e. The molecule has 4 heteroatoms. The number of nitrogens with zero attached hydrogens (tertiary/aromatic N) is 1. The highest BCUT2D eigenvalue weighted by Crippen LogP contribution is 2.16. The van der Waals surface area contributed by atoms with E-state index in [1.165, 1.54) is 0 Å². The molecule has 112 valence electrons. The summed E-state index contributed by atoms with van der Waals surface area (Å²) >= 11 is 0. The van der Waals surface area contributed by atoms with Crippen molar-refractivity contribution >= 4 is 6.21 Å². The molecule has 0 atom stereocenters. The molecule has 2 aromatic rings. The van der Waals surface area contributed by atoms with E-state index in [1.54, 1.807) is 13.3 Å². The van der Waals surface area contributed by atoms with Crippen LogP contribution < -0.4 is 14.9 Å². The van der Waals surface area contributed by atoms with Crippen LogP contribution in [0.15, 0.2) is 53.6 Å². The molecule has 4 nitrogen and oxygen atoms in total. The van der Waals surface area contributed by atoms with Crippen molar-refractivity contribution in [1.82, 2.24) is 5.43 Å². The summed E-state index contributed by atoms with van der Waals surface area (Å²) in [6.07, 6.45) is 6.89. The summed E-state index contributed by atoms with van der Waals surface area (Å²) in [4.78, 5) is 0. The first-order valence-electron chi connectivity index (χ1n) is 6.87. The van der Waals surface area contributed by atoms with Crippen LogP contribution in [0.2, 0.25) is 0 Å². The van der Waals surface area contributed by atoms with Crippen molar-refractivity contribution in [2.24, 2.45) is 5.10 Å². The maximum Gasteiger partial charge on any atom is 0.148 e. The second kappa shape index (κ2) is 8.38. The van der Waals surface area contributed by atoms with Gasteiger partial charge in [0.25, 0.3) is 0 Å². The minimum Gasteiger partial charge on any atom is -0.496 e. The van der Waals surface area contributed by atoms with Gasteiger partial charge in [-0.25, -0.2) is 0 Å². The maximum atomic E-state index is 5.31. The Hall–Kier alpha value is -2.93. The number of rotatable bonds is 7. The molecule has 0 aliphatic heterocycles. The minimum atomic E-state index is 0.272. The third-order valence-electron chi connectivity index (χ3n) is 2.97. The largest absolute Gasteiger partial charge is 0.496 e. The first kappa shape index (κ1) is 15.5. The average molecular weight is 294 g/mol. The summed E-state index contributed by atoms with van der Waals surface area (Å²) < 4.78 is 10.6. The second-order valence-corrected chi connectivity index (χ2v) is 4.47. The van der Waals surface area contributed by atoms with E-state index in [0.717, 1.165) is 22.6 Å². The van der Waals surface area contributed by atoms with Gasteiger partial charge in [-0.15, -0.1) is 6.42 Å². The third kappa shape index (κ3) is 4.57. The van der Waals surface area contributed by atoms with Gasteiger partial charge >= 0.3 is 0 Å². The number of benzene rings is 2. The molecule has 0 saturated carbocycles. The first-order chi connectivity index (χ1) is 10.8. The van der Waals surface area contributed by atoms with Gasteiger partial charge in [0, 0.05) is 5.56 Å². The number of hydrazone groups is 1. The van der Waals surface area contributed by atoms with Crippen molar-refractivity contribution in [2.75, 3.05) is 13.7 Å². The van der Waals surface area contributed by atoms with Gasteiger partial charge in [0.15, 0.2) is 0 Å². The van der Waals surface area contributed by atoms with Crippen molar-refractivity contribution in [1.29, 1.82) is 0 Å². The summed E-state index contributed by atoms with van der Waals surface area (Å²) in [5.41, 5.74) is 5.03. The number of hydrogen-bond acceptors (Lipinski definition) is 4. The van der Waals surface area contributed by atoms with E-state index in [0.29, 0.717) is 6.54 Å². The van der Waals surface area contributed by atoms with E-state index in [4.69, 9.17) is 15.9 Å². The Balaban J connectivity index is 1.86. The standard InChI is InChI=1S/C18H18N2O2/c1-3-12-22-17-10-8-15(9-11-17)13-19-20-14-16-6-4-5-7-18(16)21-2/h1,4-11,13,20H,12,14H2,2H3/b19-13+. The van der Waals surface area contributed by atoms with Crippen molar-refractivity contribution < 1.29 is 9.47 Å². The Labute approximate surface area is 130 Å². The van der Waals surface area contributed by atoms with E-state index in [2.05, 4.69) is 16.4 Å². The predicted molar refractivity (Wildman–Crippen MR) is 88.2 cm³/mol. The molecule has 2 aromatic carbocycles. The van der Waals surface area contributed by atoms with Gasteiger partial charge in [-0.2, -0.15) is 5.10 Å². The van der Waals surface area contributed by atoms with E-state index < -0.39 is 0 Å². The molecule has 0 unspecified atom stereocenters. The van der Waals surface area contributed by atoms with Crippen LogP contribution in [-0.2, 0) is 6.54 Å². The molecule has 0 radical (unpaired) electrons. The van der Waals surface area contributed by atoms with Crippen molar-refractivity contribution in [3.8, 4) is 23.8 Å². The molecule has 0 heterocycles. The fourth-order valence-electron chi connectivity index (χ4n) is 1.88. The molecule has 0 aliphatic rings. The van der Waals surface area contributed by atoms with Crippen LogP contribution in [-0.4, -0.2) is 19.9 Å². The molecular formula is C18H18N2O2. The van der Waals surface area contributed by atoms with Crippen LogP contribution in [0.25, 0.3) is 0 Å². The van der Waals surface area contributed by atoms with Crippen molar-refractivity contribution in [3.63, 3.8) is 0 Å². The zero-order valence-electron chi connectivity index (χ0n) is 12.5. The molecular weight excluding hydrogens is 276 g/mol. The Bertz CT molecular complexity index is 658. The lowest BCUT2D eigenvalue weighted by Gasteiger charge is -2.07. The fourth-order valence-corrected chi connectivity index (χ4v) is 1.88. The molecule has 0 bridgehead atoms. The van der Waals surface area contributed by atoms with Gasteiger partial charge in [-0.1, -0.05) is 24.1 Å². The summed E-state index contributed by atoms with van der Waals surface area (Å²) in [5, 5.41) is 4.20. The van der Waals surface area contributed by atoms with Gasteiger partial charge in [-0.05, 0) is 35.9 Å². The third-order valence-corrected chi connectivity index (χ3v) is 2.97. The molecule has 22 heavy (non-hydrogen) atoms. The molecule has 0 spiro atoms. The molecule has 0 amide bonds. The predicted octanol–water partition coefficient (Wildman–Crippen LogP) is 2.83. The van der Waals surface area contributed by atoms with Crippen LogP contribution in [0.4, 0.5) is 0 Å². The zero-order chi connectivity index (χ0) is 15.6. The van der Waals surface area contributed by atoms with Crippen molar-refractivity contribution in [3.05, 3.63) is 59.7 Å². The molecule has 1 N–H and O–H groups in total. The molecule has 0 saturated heterocycles. The lowest BCUT2D eigenvalue weighted by molar-refractivity contribution is 0.370. The summed E-state index contributed by atoms with van der Waals surface area (Å²) in [6.45, 7) is 0.873. The Morgan fingerprint density at radius 2 is 1.95 bits per heavy atom.